The van der Waals surface area contributed by atoms with Gasteiger partial charge in [-0.3, -0.25) is 0 Å². The summed E-state index contributed by atoms with van der Waals surface area (Å²) in [4.78, 5) is 4.48. The number of rotatable bonds is 1. The van der Waals surface area contributed by atoms with Crippen molar-refractivity contribution in [3.05, 3.63) is 11.6 Å². The van der Waals surface area contributed by atoms with Crippen LogP contribution < -0.4 is 5.73 Å². The van der Waals surface area contributed by atoms with Crippen LogP contribution in [0.1, 0.15) is 49.3 Å². The van der Waals surface area contributed by atoms with E-state index in [0.717, 1.165) is 31.6 Å². The number of hydrogen-bond donors (Lipinski definition) is 1. The van der Waals surface area contributed by atoms with Crippen molar-refractivity contribution in [3.63, 3.8) is 0 Å². The fourth-order valence-corrected chi connectivity index (χ4v) is 4.50. The van der Waals surface area contributed by atoms with E-state index in [0.29, 0.717) is 18.0 Å². The normalized spacial score (nSPS) is 30.9. The number of aromatic nitrogens is 3. The van der Waals surface area contributed by atoms with Gasteiger partial charge in [0.1, 0.15) is 5.82 Å². The molecule has 3 rings (SSSR count). The molecule has 2 atom stereocenters. The molecular weight excluding hydrogens is 252 g/mol. The molecule has 0 amide bonds. The Morgan fingerprint density at radius 2 is 2.11 bits per heavy atom. The maximum atomic E-state index is 11.7. The Morgan fingerprint density at radius 1 is 1.28 bits per heavy atom. The molecule has 1 saturated heterocycles. The first-order valence-corrected chi connectivity index (χ1v) is 8.28. The van der Waals surface area contributed by atoms with E-state index in [4.69, 9.17) is 5.73 Å². The van der Waals surface area contributed by atoms with Gasteiger partial charge >= 0.3 is 0 Å². The zero-order chi connectivity index (χ0) is 12.8. The van der Waals surface area contributed by atoms with Gasteiger partial charge in [-0.25, -0.2) is 18.1 Å². The van der Waals surface area contributed by atoms with E-state index < -0.39 is 9.84 Å². The average Bonchev–Trinajstić information content (AvgIpc) is 2.73. The molecule has 0 radical (unpaired) electrons. The van der Waals surface area contributed by atoms with Crippen molar-refractivity contribution >= 4 is 9.84 Å². The van der Waals surface area contributed by atoms with Gasteiger partial charge in [-0.2, -0.15) is 5.10 Å². The van der Waals surface area contributed by atoms with Crippen LogP contribution in [0.5, 0.6) is 0 Å². The van der Waals surface area contributed by atoms with E-state index in [-0.39, 0.29) is 17.7 Å². The van der Waals surface area contributed by atoms with Crippen LogP contribution in [0, 0.1) is 0 Å². The Morgan fingerprint density at radius 3 is 2.83 bits per heavy atom. The van der Waals surface area contributed by atoms with Gasteiger partial charge in [0.05, 0.1) is 17.5 Å². The molecule has 0 aromatic carbocycles. The second-order valence-corrected chi connectivity index (χ2v) is 7.48. The van der Waals surface area contributed by atoms with Crippen LogP contribution in [-0.4, -0.2) is 34.7 Å². The molecular formula is C11H18N4O2S. The van der Waals surface area contributed by atoms with Crippen LogP contribution in [0.3, 0.4) is 0 Å². The summed E-state index contributed by atoms with van der Waals surface area (Å²) in [6.07, 6.45) is 3.52. The Labute approximate surface area is 106 Å². The Balaban J connectivity index is 1.89. The molecule has 0 saturated carbocycles. The molecule has 1 aromatic rings. The van der Waals surface area contributed by atoms with Crippen LogP contribution in [0.4, 0.5) is 0 Å². The summed E-state index contributed by atoms with van der Waals surface area (Å²) in [5.41, 5.74) is 6.00. The highest BCUT2D eigenvalue weighted by atomic mass is 32.2. The quantitative estimate of drug-likeness (QED) is 0.796. The van der Waals surface area contributed by atoms with Gasteiger partial charge in [0.2, 0.25) is 0 Å². The lowest BCUT2D eigenvalue weighted by molar-refractivity contribution is 0.421. The number of aryl methyl sites for hydroxylation is 1. The van der Waals surface area contributed by atoms with Crippen molar-refractivity contribution in [3.8, 4) is 0 Å². The van der Waals surface area contributed by atoms with Crippen molar-refractivity contribution < 1.29 is 8.42 Å². The standard InChI is InChI=1S/C11H18N4O2S/c12-9-4-1-5-15-11(9)13-10(14-15)8-3-2-6-18(16,17)7-8/h8-9H,1-7,12H2. The molecule has 3 heterocycles. The molecule has 18 heavy (non-hydrogen) atoms. The van der Waals surface area contributed by atoms with Crippen molar-refractivity contribution in [1.29, 1.82) is 0 Å². The molecule has 1 fully saturated rings. The highest BCUT2D eigenvalue weighted by Gasteiger charge is 2.30. The second-order valence-electron chi connectivity index (χ2n) is 5.25. The molecule has 7 heteroatoms. The van der Waals surface area contributed by atoms with E-state index in [2.05, 4.69) is 10.1 Å². The van der Waals surface area contributed by atoms with Crippen LogP contribution in [0.2, 0.25) is 0 Å². The Hall–Kier alpha value is -0.950. The summed E-state index contributed by atoms with van der Waals surface area (Å²) < 4.78 is 25.2. The number of nitrogens with zero attached hydrogens (tertiary/aromatic N) is 3. The van der Waals surface area contributed by atoms with E-state index in [1.165, 1.54) is 0 Å². The predicted octanol–water partition coefficient (Wildman–Crippen LogP) is 0.364. The van der Waals surface area contributed by atoms with Gasteiger partial charge in [-0.1, -0.05) is 0 Å². The summed E-state index contributed by atoms with van der Waals surface area (Å²) in [5.74, 6) is 1.93. The molecule has 2 aliphatic rings. The fourth-order valence-electron chi connectivity index (χ4n) is 2.80. The van der Waals surface area contributed by atoms with Crippen molar-refractivity contribution in [2.45, 2.75) is 44.2 Å². The van der Waals surface area contributed by atoms with Crippen molar-refractivity contribution in [2.75, 3.05) is 11.5 Å². The molecule has 0 spiro atoms. The summed E-state index contributed by atoms with van der Waals surface area (Å²) in [7, 11) is -2.92. The SMILES string of the molecule is NC1CCCn2nc(C3CCCS(=O)(=O)C3)nc21. The fraction of sp³-hybridized carbons (Fsp3) is 0.818. The Kier molecular flexibility index (Phi) is 2.90. The molecule has 6 nitrogen and oxygen atoms in total. The first kappa shape index (κ1) is 12.1. The van der Waals surface area contributed by atoms with E-state index >= 15 is 0 Å². The molecule has 2 aliphatic heterocycles. The zero-order valence-corrected chi connectivity index (χ0v) is 11.1. The third-order valence-corrected chi connectivity index (χ3v) is 5.58. The topological polar surface area (TPSA) is 90.9 Å². The monoisotopic (exact) mass is 270 g/mol. The summed E-state index contributed by atoms with van der Waals surface area (Å²) >= 11 is 0. The van der Waals surface area contributed by atoms with Gasteiger partial charge in [0.25, 0.3) is 0 Å². The van der Waals surface area contributed by atoms with Crippen molar-refractivity contribution in [2.24, 2.45) is 5.73 Å². The number of fused-ring (bicyclic) bond motifs is 1. The second kappa shape index (κ2) is 4.31. The minimum Gasteiger partial charge on any atom is -0.321 e. The van der Waals surface area contributed by atoms with Gasteiger partial charge in [-0.05, 0) is 25.7 Å². The van der Waals surface area contributed by atoms with Gasteiger partial charge in [-0.15, -0.1) is 0 Å². The number of nitrogens with two attached hydrogens (primary N) is 1. The molecule has 100 valence electrons. The van der Waals surface area contributed by atoms with E-state index in [1.807, 2.05) is 4.68 Å². The first-order valence-electron chi connectivity index (χ1n) is 6.46. The summed E-state index contributed by atoms with van der Waals surface area (Å²) in [5, 5.41) is 4.45. The summed E-state index contributed by atoms with van der Waals surface area (Å²) in [6.45, 7) is 0.843. The minimum atomic E-state index is -2.92. The summed E-state index contributed by atoms with van der Waals surface area (Å²) in [6, 6.07) is -0.0554. The first-order chi connectivity index (χ1) is 8.55. The third-order valence-electron chi connectivity index (χ3n) is 3.76. The number of hydrogen-bond acceptors (Lipinski definition) is 5. The average molecular weight is 270 g/mol. The van der Waals surface area contributed by atoms with Crippen molar-refractivity contribution in [1.82, 2.24) is 14.8 Å². The highest BCUT2D eigenvalue weighted by molar-refractivity contribution is 7.91. The maximum Gasteiger partial charge on any atom is 0.155 e. The van der Waals surface area contributed by atoms with E-state index in [9.17, 15) is 8.42 Å². The zero-order valence-electron chi connectivity index (χ0n) is 10.2. The van der Waals surface area contributed by atoms with Gasteiger partial charge in [0.15, 0.2) is 15.7 Å². The molecule has 0 bridgehead atoms. The lowest BCUT2D eigenvalue weighted by atomic mass is 10.1. The van der Waals surface area contributed by atoms with Crippen LogP contribution in [0.25, 0.3) is 0 Å². The van der Waals surface area contributed by atoms with E-state index in [1.54, 1.807) is 0 Å². The molecule has 0 aliphatic carbocycles. The Bertz CT molecular complexity index is 551. The van der Waals surface area contributed by atoms with Crippen LogP contribution in [0.15, 0.2) is 0 Å². The lowest BCUT2D eigenvalue weighted by Gasteiger charge is -2.18. The predicted molar refractivity (Wildman–Crippen MR) is 66.8 cm³/mol. The smallest absolute Gasteiger partial charge is 0.155 e. The molecule has 2 unspecified atom stereocenters. The van der Waals surface area contributed by atoms with Gasteiger partial charge in [0, 0.05) is 12.5 Å². The van der Waals surface area contributed by atoms with Crippen LogP contribution in [-0.2, 0) is 16.4 Å². The minimum absolute atomic E-state index is 0.0472. The molecule has 2 N–H and O–H groups in total. The van der Waals surface area contributed by atoms with Crippen LogP contribution >= 0.6 is 0 Å². The third kappa shape index (κ3) is 2.16. The molecule has 1 aromatic heterocycles. The maximum absolute atomic E-state index is 11.7. The largest absolute Gasteiger partial charge is 0.321 e. The van der Waals surface area contributed by atoms with Gasteiger partial charge < -0.3 is 5.73 Å². The lowest BCUT2D eigenvalue weighted by Crippen LogP contribution is -2.24. The number of sulfone groups is 1. The highest BCUT2D eigenvalue weighted by Crippen LogP contribution is 2.28.